The summed E-state index contributed by atoms with van der Waals surface area (Å²) in [5, 5.41) is 4.87. The molecule has 2 aromatic rings. The van der Waals surface area contributed by atoms with Crippen molar-refractivity contribution in [3.05, 3.63) is 57.3 Å². The molecule has 0 radical (unpaired) electrons. The number of ether oxygens (including phenoxy) is 1. The maximum Gasteiger partial charge on any atom is 0.349 e. The maximum absolute atomic E-state index is 12.4. The summed E-state index contributed by atoms with van der Waals surface area (Å²) in [5.41, 5.74) is 3.33. The number of amides is 1. The van der Waals surface area contributed by atoms with E-state index in [-0.39, 0.29) is 11.9 Å². The number of nitrogens with one attached hydrogen (secondary N) is 1. The van der Waals surface area contributed by atoms with Crippen LogP contribution in [0.3, 0.4) is 0 Å². The highest BCUT2D eigenvalue weighted by Gasteiger charge is 2.26. The second-order valence-electron chi connectivity index (χ2n) is 6.13. The fourth-order valence-corrected chi connectivity index (χ4v) is 3.85. The third kappa shape index (κ3) is 3.51. The van der Waals surface area contributed by atoms with Gasteiger partial charge in [-0.15, -0.1) is 11.3 Å². The van der Waals surface area contributed by atoms with Crippen molar-refractivity contribution in [2.45, 2.75) is 45.3 Å². The van der Waals surface area contributed by atoms with Gasteiger partial charge in [-0.2, -0.15) is 0 Å². The summed E-state index contributed by atoms with van der Waals surface area (Å²) < 4.78 is 5.33. The lowest BCUT2D eigenvalue weighted by molar-refractivity contribution is -0.130. The standard InChI is InChI=1S/C19H21NO3S/c1-12-10-11-24-17(12)19(22)23-13(2)18(21)20-16-9-5-7-14-6-3-4-8-15(14)16/h3-4,6,8,10-11,13,16H,5,7,9H2,1-2H3,(H,20,21)/t13-,16+/m0/s1. The molecule has 1 aliphatic rings. The predicted octanol–water partition coefficient (Wildman–Crippen LogP) is 3.80. The molecule has 1 heterocycles. The number of hydrogen-bond donors (Lipinski definition) is 1. The molecule has 1 aliphatic carbocycles. The van der Waals surface area contributed by atoms with Crippen LogP contribution in [-0.4, -0.2) is 18.0 Å². The Morgan fingerprint density at radius 1 is 1.29 bits per heavy atom. The molecule has 24 heavy (non-hydrogen) atoms. The molecule has 0 saturated heterocycles. The van der Waals surface area contributed by atoms with Crippen molar-refractivity contribution < 1.29 is 14.3 Å². The highest BCUT2D eigenvalue weighted by atomic mass is 32.1. The molecule has 1 N–H and O–H groups in total. The first-order chi connectivity index (χ1) is 11.6. The van der Waals surface area contributed by atoms with Crippen LogP contribution in [0, 0.1) is 6.92 Å². The number of aryl methyl sites for hydroxylation is 2. The van der Waals surface area contributed by atoms with Crippen LogP contribution in [0.15, 0.2) is 35.7 Å². The third-order valence-corrected chi connectivity index (χ3v) is 5.38. The minimum atomic E-state index is -0.812. The summed E-state index contributed by atoms with van der Waals surface area (Å²) in [7, 11) is 0. The molecular weight excluding hydrogens is 322 g/mol. The number of hydrogen-bond acceptors (Lipinski definition) is 4. The van der Waals surface area contributed by atoms with Gasteiger partial charge in [0.15, 0.2) is 6.10 Å². The van der Waals surface area contributed by atoms with Gasteiger partial charge in [-0.25, -0.2) is 4.79 Å². The first kappa shape index (κ1) is 16.7. The number of esters is 1. The van der Waals surface area contributed by atoms with E-state index >= 15 is 0 Å². The van der Waals surface area contributed by atoms with Gasteiger partial charge in [0.2, 0.25) is 0 Å². The second-order valence-corrected chi connectivity index (χ2v) is 7.05. The van der Waals surface area contributed by atoms with E-state index in [1.165, 1.54) is 22.5 Å². The molecule has 0 aliphatic heterocycles. The van der Waals surface area contributed by atoms with Crippen LogP contribution in [0.5, 0.6) is 0 Å². The number of rotatable bonds is 4. The molecule has 0 saturated carbocycles. The SMILES string of the molecule is Cc1ccsc1C(=O)O[C@@H](C)C(=O)N[C@@H]1CCCc2ccccc21. The van der Waals surface area contributed by atoms with E-state index in [4.69, 9.17) is 4.74 Å². The summed E-state index contributed by atoms with van der Waals surface area (Å²) >= 11 is 1.33. The molecule has 1 amide bonds. The largest absolute Gasteiger partial charge is 0.448 e. The van der Waals surface area contributed by atoms with Crippen LogP contribution in [-0.2, 0) is 16.0 Å². The molecule has 1 aromatic heterocycles. The lowest BCUT2D eigenvalue weighted by Gasteiger charge is -2.27. The lowest BCUT2D eigenvalue weighted by atomic mass is 9.87. The monoisotopic (exact) mass is 343 g/mol. The molecule has 0 fully saturated rings. The fraction of sp³-hybridized carbons (Fsp3) is 0.368. The van der Waals surface area contributed by atoms with Gasteiger partial charge in [0.05, 0.1) is 6.04 Å². The number of thiophene rings is 1. The average Bonchev–Trinajstić information content (AvgIpc) is 3.01. The van der Waals surface area contributed by atoms with Crippen molar-refractivity contribution in [2.24, 2.45) is 0 Å². The molecule has 0 unspecified atom stereocenters. The minimum Gasteiger partial charge on any atom is -0.448 e. The summed E-state index contributed by atoms with van der Waals surface area (Å²) in [6.07, 6.45) is 2.19. The Labute approximate surface area is 145 Å². The van der Waals surface area contributed by atoms with E-state index in [2.05, 4.69) is 17.4 Å². The normalized spacial score (nSPS) is 17.7. The van der Waals surface area contributed by atoms with Crippen molar-refractivity contribution in [2.75, 3.05) is 0 Å². The Balaban J connectivity index is 1.63. The van der Waals surface area contributed by atoms with Gasteiger partial charge in [-0.05, 0) is 61.2 Å². The van der Waals surface area contributed by atoms with Crippen LogP contribution >= 0.6 is 11.3 Å². The number of carbonyl (C=O) groups is 2. The van der Waals surface area contributed by atoms with Gasteiger partial charge in [-0.1, -0.05) is 24.3 Å². The van der Waals surface area contributed by atoms with Crippen LogP contribution < -0.4 is 5.32 Å². The van der Waals surface area contributed by atoms with Crippen LogP contribution in [0.2, 0.25) is 0 Å². The van der Waals surface area contributed by atoms with Gasteiger partial charge in [0, 0.05) is 0 Å². The van der Waals surface area contributed by atoms with E-state index in [1.807, 2.05) is 30.5 Å². The van der Waals surface area contributed by atoms with Gasteiger partial charge in [-0.3, -0.25) is 4.79 Å². The van der Waals surface area contributed by atoms with Crippen LogP contribution in [0.1, 0.15) is 52.2 Å². The zero-order valence-electron chi connectivity index (χ0n) is 13.9. The molecule has 3 rings (SSSR count). The number of fused-ring (bicyclic) bond motifs is 1. The number of benzene rings is 1. The van der Waals surface area contributed by atoms with Crippen molar-refractivity contribution in [3.8, 4) is 0 Å². The molecule has 5 heteroatoms. The Morgan fingerprint density at radius 2 is 2.08 bits per heavy atom. The molecule has 126 valence electrons. The highest BCUT2D eigenvalue weighted by molar-refractivity contribution is 7.12. The molecule has 0 bridgehead atoms. The highest BCUT2D eigenvalue weighted by Crippen LogP contribution is 2.29. The van der Waals surface area contributed by atoms with Crippen molar-refractivity contribution >= 4 is 23.2 Å². The average molecular weight is 343 g/mol. The third-order valence-electron chi connectivity index (χ3n) is 4.39. The maximum atomic E-state index is 12.4. The van der Waals surface area contributed by atoms with Gasteiger partial charge in [0.1, 0.15) is 4.88 Å². The van der Waals surface area contributed by atoms with Crippen LogP contribution in [0.4, 0.5) is 0 Å². The smallest absolute Gasteiger partial charge is 0.349 e. The first-order valence-corrected chi connectivity index (χ1v) is 9.07. The topological polar surface area (TPSA) is 55.4 Å². The Hall–Kier alpha value is -2.14. The second kappa shape index (κ2) is 7.18. The van der Waals surface area contributed by atoms with Crippen molar-refractivity contribution in [1.29, 1.82) is 0 Å². The Kier molecular flexibility index (Phi) is 5.00. The van der Waals surface area contributed by atoms with E-state index in [0.717, 1.165) is 24.8 Å². The minimum absolute atomic E-state index is 0.00734. The molecule has 2 atom stereocenters. The van der Waals surface area contributed by atoms with Gasteiger partial charge in [0.25, 0.3) is 5.91 Å². The molecular formula is C19H21NO3S. The van der Waals surface area contributed by atoms with E-state index in [0.29, 0.717) is 4.88 Å². The first-order valence-electron chi connectivity index (χ1n) is 8.19. The van der Waals surface area contributed by atoms with E-state index in [1.54, 1.807) is 6.92 Å². The van der Waals surface area contributed by atoms with Crippen LogP contribution in [0.25, 0.3) is 0 Å². The zero-order chi connectivity index (χ0) is 17.1. The summed E-state index contributed by atoms with van der Waals surface area (Å²) in [5.74, 6) is -0.687. The van der Waals surface area contributed by atoms with E-state index < -0.39 is 12.1 Å². The Bertz CT molecular complexity index is 753. The Morgan fingerprint density at radius 3 is 2.83 bits per heavy atom. The van der Waals surface area contributed by atoms with E-state index in [9.17, 15) is 9.59 Å². The zero-order valence-corrected chi connectivity index (χ0v) is 14.7. The van der Waals surface area contributed by atoms with Crippen molar-refractivity contribution in [3.63, 3.8) is 0 Å². The molecule has 0 spiro atoms. The quantitative estimate of drug-likeness (QED) is 0.859. The summed E-state index contributed by atoms with van der Waals surface area (Å²) in [4.78, 5) is 25.1. The summed E-state index contributed by atoms with van der Waals surface area (Å²) in [6.45, 7) is 3.47. The van der Waals surface area contributed by atoms with Gasteiger partial charge < -0.3 is 10.1 Å². The summed E-state index contributed by atoms with van der Waals surface area (Å²) in [6, 6.07) is 10.0. The molecule has 1 aromatic carbocycles. The van der Waals surface area contributed by atoms with Crippen molar-refractivity contribution in [1.82, 2.24) is 5.32 Å². The predicted molar refractivity (Wildman–Crippen MR) is 94.2 cm³/mol. The number of carbonyl (C=O) groups excluding carboxylic acids is 2. The lowest BCUT2D eigenvalue weighted by Crippen LogP contribution is -2.39. The van der Waals surface area contributed by atoms with Gasteiger partial charge >= 0.3 is 5.97 Å². The fourth-order valence-electron chi connectivity index (χ4n) is 3.04. The molecule has 4 nitrogen and oxygen atoms in total.